The number of anilines is 2. The predicted molar refractivity (Wildman–Crippen MR) is 110 cm³/mol. The quantitative estimate of drug-likeness (QED) is 0.751. The summed E-state index contributed by atoms with van der Waals surface area (Å²) in [6.45, 7) is 6.60. The number of ether oxygens (including phenoxy) is 1. The van der Waals surface area contributed by atoms with Crippen molar-refractivity contribution in [2.24, 2.45) is 0 Å². The number of amides is 2. The van der Waals surface area contributed by atoms with Crippen molar-refractivity contribution in [3.8, 4) is 5.75 Å². The highest BCUT2D eigenvalue weighted by Gasteiger charge is 2.31. The van der Waals surface area contributed by atoms with Gasteiger partial charge in [0.15, 0.2) is 0 Å². The van der Waals surface area contributed by atoms with E-state index in [1.54, 1.807) is 17.0 Å². The van der Waals surface area contributed by atoms with Gasteiger partial charge in [-0.05, 0) is 43.8 Å². The number of para-hydroxylation sites is 2. The molecule has 0 aromatic heterocycles. The van der Waals surface area contributed by atoms with Crippen LogP contribution in [0.25, 0.3) is 0 Å². The Balaban J connectivity index is 1.68. The van der Waals surface area contributed by atoms with Gasteiger partial charge in [-0.1, -0.05) is 36.9 Å². The van der Waals surface area contributed by atoms with E-state index in [1.807, 2.05) is 61.3 Å². The standard InChI is InChI=1S/C22H25N3O3/c1-4-13-28-18-11-9-17(10-12-18)14-24(3)16(2)22(27)25-15-21(26)23-19-7-5-6-8-20(19)25/h4-12,16H,1,13-15H2,2-3H3,(H,23,26)/t16-/m0/s1. The van der Waals surface area contributed by atoms with Gasteiger partial charge in [0.25, 0.3) is 0 Å². The highest BCUT2D eigenvalue weighted by atomic mass is 16.5. The lowest BCUT2D eigenvalue weighted by Gasteiger charge is -2.33. The van der Waals surface area contributed by atoms with Gasteiger partial charge in [-0.15, -0.1) is 0 Å². The van der Waals surface area contributed by atoms with E-state index >= 15 is 0 Å². The average molecular weight is 379 g/mol. The molecule has 3 rings (SSSR count). The van der Waals surface area contributed by atoms with Crippen molar-refractivity contribution in [2.45, 2.75) is 19.5 Å². The van der Waals surface area contributed by atoms with Gasteiger partial charge in [0, 0.05) is 6.54 Å². The molecule has 146 valence electrons. The molecule has 0 saturated carbocycles. The molecular weight excluding hydrogens is 354 g/mol. The van der Waals surface area contributed by atoms with Crippen molar-refractivity contribution < 1.29 is 14.3 Å². The molecule has 1 heterocycles. The molecule has 1 aliphatic rings. The van der Waals surface area contributed by atoms with E-state index in [9.17, 15) is 9.59 Å². The molecule has 2 aromatic carbocycles. The van der Waals surface area contributed by atoms with Crippen molar-refractivity contribution in [3.05, 3.63) is 66.7 Å². The molecule has 1 aliphatic heterocycles. The summed E-state index contributed by atoms with van der Waals surface area (Å²) in [6, 6.07) is 14.8. The molecule has 0 fully saturated rings. The van der Waals surface area contributed by atoms with Gasteiger partial charge in [0.2, 0.25) is 11.8 Å². The van der Waals surface area contributed by atoms with Crippen molar-refractivity contribution in [1.82, 2.24) is 4.90 Å². The molecule has 2 aromatic rings. The van der Waals surface area contributed by atoms with Gasteiger partial charge >= 0.3 is 0 Å². The van der Waals surface area contributed by atoms with Crippen molar-refractivity contribution in [1.29, 1.82) is 0 Å². The first-order chi connectivity index (χ1) is 13.5. The van der Waals surface area contributed by atoms with E-state index in [1.165, 1.54) is 0 Å². The van der Waals surface area contributed by atoms with Crippen LogP contribution in [0.15, 0.2) is 61.2 Å². The van der Waals surface area contributed by atoms with E-state index in [2.05, 4.69) is 11.9 Å². The third kappa shape index (κ3) is 4.40. The van der Waals surface area contributed by atoms with Crippen LogP contribution in [-0.4, -0.2) is 43.0 Å². The monoisotopic (exact) mass is 379 g/mol. The van der Waals surface area contributed by atoms with Crippen LogP contribution < -0.4 is 15.0 Å². The Morgan fingerprint density at radius 1 is 1.29 bits per heavy atom. The minimum Gasteiger partial charge on any atom is -0.490 e. The third-order valence-electron chi connectivity index (χ3n) is 4.78. The summed E-state index contributed by atoms with van der Waals surface area (Å²) < 4.78 is 5.49. The number of likely N-dealkylation sites (N-methyl/N-ethyl adjacent to an activating group) is 1. The zero-order valence-electron chi connectivity index (χ0n) is 16.2. The van der Waals surface area contributed by atoms with Crippen LogP contribution in [-0.2, 0) is 16.1 Å². The van der Waals surface area contributed by atoms with E-state index in [0.29, 0.717) is 18.8 Å². The fraction of sp³-hybridized carbons (Fsp3) is 0.273. The number of hydrogen-bond acceptors (Lipinski definition) is 4. The maximum Gasteiger partial charge on any atom is 0.244 e. The van der Waals surface area contributed by atoms with Crippen LogP contribution in [0.4, 0.5) is 11.4 Å². The Labute approximate surface area is 165 Å². The predicted octanol–water partition coefficient (Wildman–Crippen LogP) is 3.06. The first kappa shape index (κ1) is 19.6. The fourth-order valence-corrected chi connectivity index (χ4v) is 3.12. The molecular formula is C22H25N3O3. The second kappa shape index (κ2) is 8.71. The molecule has 0 saturated heterocycles. The normalized spacial score (nSPS) is 14.2. The molecule has 0 radical (unpaired) electrons. The average Bonchev–Trinajstić information content (AvgIpc) is 2.71. The number of carbonyl (C=O) groups is 2. The highest BCUT2D eigenvalue weighted by Crippen LogP contribution is 2.29. The zero-order chi connectivity index (χ0) is 20.1. The highest BCUT2D eigenvalue weighted by molar-refractivity contribution is 6.11. The van der Waals surface area contributed by atoms with Gasteiger partial charge in [-0.3, -0.25) is 19.4 Å². The van der Waals surface area contributed by atoms with E-state index in [0.717, 1.165) is 17.0 Å². The maximum atomic E-state index is 13.1. The van der Waals surface area contributed by atoms with Crippen LogP contribution >= 0.6 is 0 Å². The largest absolute Gasteiger partial charge is 0.490 e. The smallest absolute Gasteiger partial charge is 0.244 e. The summed E-state index contributed by atoms with van der Waals surface area (Å²) in [7, 11) is 1.90. The van der Waals surface area contributed by atoms with E-state index in [4.69, 9.17) is 4.74 Å². The number of nitrogens with one attached hydrogen (secondary N) is 1. The van der Waals surface area contributed by atoms with Crippen LogP contribution in [0.3, 0.4) is 0 Å². The van der Waals surface area contributed by atoms with Crippen molar-refractivity contribution in [2.75, 3.05) is 30.4 Å². The second-order valence-electron chi connectivity index (χ2n) is 6.82. The number of fused-ring (bicyclic) bond motifs is 1. The summed E-state index contributed by atoms with van der Waals surface area (Å²) in [5, 5.41) is 2.81. The van der Waals surface area contributed by atoms with E-state index < -0.39 is 0 Å². The van der Waals surface area contributed by atoms with Gasteiger partial charge in [0.05, 0.1) is 17.4 Å². The first-order valence-corrected chi connectivity index (χ1v) is 9.22. The van der Waals surface area contributed by atoms with Gasteiger partial charge < -0.3 is 10.1 Å². The molecule has 1 N–H and O–H groups in total. The number of rotatable bonds is 7. The first-order valence-electron chi connectivity index (χ1n) is 9.22. The molecule has 6 nitrogen and oxygen atoms in total. The van der Waals surface area contributed by atoms with Crippen LogP contribution in [0.1, 0.15) is 12.5 Å². The Kier molecular flexibility index (Phi) is 6.11. The third-order valence-corrected chi connectivity index (χ3v) is 4.78. The van der Waals surface area contributed by atoms with Crippen LogP contribution in [0, 0.1) is 0 Å². The van der Waals surface area contributed by atoms with Gasteiger partial charge in [0.1, 0.15) is 18.9 Å². The Bertz CT molecular complexity index is 864. The molecule has 6 heteroatoms. The van der Waals surface area contributed by atoms with Crippen molar-refractivity contribution >= 4 is 23.2 Å². The van der Waals surface area contributed by atoms with Crippen molar-refractivity contribution in [3.63, 3.8) is 0 Å². The van der Waals surface area contributed by atoms with Gasteiger partial charge in [-0.25, -0.2) is 0 Å². The van der Waals surface area contributed by atoms with E-state index in [-0.39, 0.29) is 24.4 Å². The molecule has 1 atom stereocenters. The summed E-state index contributed by atoms with van der Waals surface area (Å²) in [5.41, 5.74) is 2.47. The summed E-state index contributed by atoms with van der Waals surface area (Å²) in [4.78, 5) is 28.6. The van der Waals surface area contributed by atoms with Crippen LogP contribution in [0.5, 0.6) is 5.75 Å². The number of hydrogen-bond donors (Lipinski definition) is 1. The van der Waals surface area contributed by atoms with Crippen LogP contribution in [0.2, 0.25) is 0 Å². The molecule has 28 heavy (non-hydrogen) atoms. The fourth-order valence-electron chi connectivity index (χ4n) is 3.12. The molecule has 0 aliphatic carbocycles. The Morgan fingerprint density at radius 3 is 2.71 bits per heavy atom. The summed E-state index contributed by atoms with van der Waals surface area (Å²) >= 11 is 0. The molecule has 0 spiro atoms. The number of carbonyl (C=O) groups excluding carboxylic acids is 2. The topological polar surface area (TPSA) is 61.9 Å². The molecule has 0 unspecified atom stereocenters. The summed E-state index contributed by atoms with van der Waals surface area (Å²) in [6.07, 6.45) is 1.70. The zero-order valence-corrected chi connectivity index (χ0v) is 16.2. The maximum absolute atomic E-state index is 13.1. The number of nitrogens with zero attached hydrogens (tertiary/aromatic N) is 2. The Morgan fingerprint density at radius 2 is 2.00 bits per heavy atom. The summed E-state index contributed by atoms with van der Waals surface area (Å²) in [5.74, 6) is 0.499. The minimum atomic E-state index is -0.379. The minimum absolute atomic E-state index is 0.0311. The number of benzene rings is 2. The second-order valence-corrected chi connectivity index (χ2v) is 6.82. The van der Waals surface area contributed by atoms with Gasteiger partial charge in [-0.2, -0.15) is 0 Å². The lowest BCUT2D eigenvalue weighted by atomic mass is 10.1. The lowest BCUT2D eigenvalue weighted by molar-refractivity contribution is -0.125. The SMILES string of the molecule is C=CCOc1ccc(CN(C)[C@@H](C)C(=O)N2CC(=O)Nc3ccccc32)cc1. The lowest BCUT2D eigenvalue weighted by Crippen LogP contribution is -2.50. The Hall–Kier alpha value is -3.12. The molecule has 2 amide bonds. The molecule has 0 bridgehead atoms.